The maximum Gasteiger partial charge on any atom is 0.230 e. The number of fused-ring (bicyclic) bond motifs is 1. The first kappa shape index (κ1) is 10.1. The van der Waals surface area contributed by atoms with Crippen LogP contribution in [0.3, 0.4) is 0 Å². The minimum atomic E-state index is -0.374. The zero-order chi connectivity index (χ0) is 11.8. The molecule has 0 spiro atoms. The van der Waals surface area contributed by atoms with E-state index in [9.17, 15) is 4.39 Å². The smallest absolute Gasteiger partial charge is 0.230 e. The van der Waals surface area contributed by atoms with Gasteiger partial charge in [0.1, 0.15) is 11.6 Å². The van der Waals surface area contributed by atoms with E-state index in [-0.39, 0.29) is 11.7 Å². The minimum absolute atomic E-state index is 0.103. The Labute approximate surface area is 97.2 Å². The SMILES string of the molecule is Nc1oncc1-c1c(F)ccc2c1OCCC2. The van der Waals surface area contributed by atoms with E-state index in [0.717, 1.165) is 18.4 Å². The van der Waals surface area contributed by atoms with Crippen LogP contribution in [0.5, 0.6) is 5.75 Å². The van der Waals surface area contributed by atoms with Gasteiger partial charge in [-0.05, 0) is 24.5 Å². The van der Waals surface area contributed by atoms with Crippen LogP contribution in [0.2, 0.25) is 0 Å². The zero-order valence-corrected chi connectivity index (χ0v) is 9.07. The van der Waals surface area contributed by atoms with Gasteiger partial charge in [-0.25, -0.2) is 4.39 Å². The van der Waals surface area contributed by atoms with E-state index in [1.165, 1.54) is 12.3 Å². The van der Waals surface area contributed by atoms with Gasteiger partial charge in [-0.15, -0.1) is 0 Å². The van der Waals surface area contributed by atoms with E-state index in [1.54, 1.807) is 6.07 Å². The maximum atomic E-state index is 13.9. The number of ether oxygens (including phenoxy) is 1. The summed E-state index contributed by atoms with van der Waals surface area (Å²) in [7, 11) is 0. The number of nitrogens with two attached hydrogens (primary N) is 1. The van der Waals surface area contributed by atoms with Crippen LogP contribution in [0.4, 0.5) is 10.3 Å². The van der Waals surface area contributed by atoms with Crippen molar-refractivity contribution in [3.05, 3.63) is 29.7 Å². The zero-order valence-electron chi connectivity index (χ0n) is 9.07. The number of halogens is 1. The molecule has 17 heavy (non-hydrogen) atoms. The summed E-state index contributed by atoms with van der Waals surface area (Å²) in [4.78, 5) is 0. The summed E-state index contributed by atoms with van der Waals surface area (Å²) in [6, 6.07) is 3.17. The fraction of sp³-hybridized carbons (Fsp3) is 0.250. The monoisotopic (exact) mass is 234 g/mol. The number of aryl methyl sites for hydroxylation is 1. The molecule has 1 aromatic heterocycles. The summed E-state index contributed by atoms with van der Waals surface area (Å²) in [5, 5.41) is 3.57. The normalized spacial score (nSPS) is 14.2. The molecule has 4 nitrogen and oxygen atoms in total. The van der Waals surface area contributed by atoms with Crippen LogP contribution in [0.25, 0.3) is 11.1 Å². The Kier molecular flexibility index (Phi) is 2.24. The molecule has 2 aromatic rings. The maximum absolute atomic E-state index is 13.9. The largest absolute Gasteiger partial charge is 0.493 e. The molecule has 1 aliphatic rings. The molecule has 0 unspecified atom stereocenters. The summed E-state index contributed by atoms with van der Waals surface area (Å²) in [5.41, 5.74) is 7.41. The number of nitrogen functional groups attached to an aromatic ring is 1. The molecule has 0 bridgehead atoms. The van der Waals surface area contributed by atoms with Gasteiger partial charge < -0.3 is 15.0 Å². The molecule has 1 aromatic carbocycles. The second-order valence-electron chi connectivity index (χ2n) is 3.97. The van der Waals surface area contributed by atoms with Crippen molar-refractivity contribution in [2.75, 3.05) is 12.3 Å². The molecular formula is C12H11FN2O2. The van der Waals surface area contributed by atoms with E-state index in [4.69, 9.17) is 15.0 Å². The van der Waals surface area contributed by atoms with Gasteiger partial charge in [-0.1, -0.05) is 11.2 Å². The molecule has 1 aliphatic heterocycles. The molecule has 5 heteroatoms. The predicted octanol–water partition coefficient (Wildman–Crippen LogP) is 2.39. The molecule has 0 radical (unpaired) electrons. The topological polar surface area (TPSA) is 61.3 Å². The summed E-state index contributed by atoms with van der Waals surface area (Å²) in [6.07, 6.45) is 3.23. The first-order valence-electron chi connectivity index (χ1n) is 5.42. The number of rotatable bonds is 1. The van der Waals surface area contributed by atoms with Crippen LogP contribution in [-0.4, -0.2) is 11.8 Å². The van der Waals surface area contributed by atoms with Gasteiger partial charge in [-0.2, -0.15) is 0 Å². The Morgan fingerprint density at radius 2 is 2.24 bits per heavy atom. The molecule has 0 saturated carbocycles. The van der Waals surface area contributed by atoms with E-state index < -0.39 is 0 Å². The van der Waals surface area contributed by atoms with Crippen molar-refractivity contribution in [1.82, 2.24) is 5.16 Å². The highest BCUT2D eigenvalue weighted by molar-refractivity contribution is 5.79. The Bertz CT molecular complexity index is 566. The second-order valence-corrected chi connectivity index (χ2v) is 3.97. The third-order valence-corrected chi connectivity index (χ3v) is 2.89. The fourth-order valence-corrected chi connectivity index (χ4v) is 2.09. The molecule has 0 amide bonds. The molecule has 0 saturated heterocycles. The number of hydrogen-bond acceptors (Lipinski definition) is 4. The Morgan fingerprint density at radius 3 is 3.00 bits per heavy atom. The Hall–Kier alpha value is -2.04. The molecule has 0 aliphatic carbocycles. The molecular weight excluding hydrogens is 223 g/mol. The van der Waals surface area contributed by atoms with Crippen molar-refractivity contribution in [1.29, 1.82) is 0 Å². The molecule has 2 heterocycles. The summed E-state index contributed by atoms with van der Waals surface area (Å²) < 4.78 is 24.2. The first-order valence-corrected chi connectivity index (χ1v) is 5.42. The van der Waals surface area contributed by atoms with Gasteiger partial charge in [0.2, 0.25) is 5.88 Å². The van der Waals surface area contributed by atoms with Gasteiger partial charge in [0.15, 0.2) is 0 Å². The van der Waals surface area contributed by atoms with Gasteiger partial charge in [0.25, 0.3) is 0 Å². The van der Waals surface area contributed by atoms with Crippen molar-refractivity contribution in [3.63, 3.8) is 0 Å². The molecule has 88 valence electrons. The number of benzene rings is 1. The second kappa shape index (κ2) is 3.76. The van der Waals surface area contributed by atoms with Crippen LogP contribution in [-0.2, 0) is 6.42 Å². The number of aromatic nitrogens is 1. The van der Waals surface area contributed by atoms with E-state index in [2.05, 4.69) is 5.16 Å². The van der Waals surface area contributed by atoms with Crippen molar-refractivity contribution in [2.45, 2.75) is 12.8 Å². The summed E-state index contributed by atoms with van der Waals surface area (Å²) in [6.45, 7) is 0.592. The molecule has 0 atom stereocenters. The molecule has 2 N–H and O–H groups in total. The quantitative estimate of drug-likeness (QED) is 0.822. The fourth-order valence-electron chi connectivity index (χ4n) is 2.09. The number of anilines is 1. The van der Waals surface area contributed by atoms with Gasteiger partial charge in [0.05, 0.1) is 23.9 Å². The van der Waals surface area contributed by atoms with Gasteiger partial charge in [0, 0.05) is 0 Å². The average Bonchev–Trinajstić information content (AvgIpc) is 2.75. The van der Waals surface area contributed by atoms with E-state index in [1.807, 2.05) is 0 Å². The highest BCUT2D eigenvalue weighted by Crippen LogP contribution is 2.40. The van der Waals surface area contributed by atoms with Crippen molar-refractivity contribution in [3.8, 4) is 16.9 Å². The van der Waals surface area contributed by atoms with Crippen molar-refractivity contribution >= 4 is 5.88 Å². The summed E-state index contributed by atoms with van der Waals surface area (Å²) >= 11 is 0. The number of hydrogen-bond donors (Lipinski definition) is 1. The van der Waals surface area contributed by atoms with Crippen LogP contribution in [0.15, 0.2) is 22.9 Å². The lowest BCUT2D eigenvalue weighted by Gasteiger charge is -2.20. The lowest BCUT2D eigenvalue weighted by Crippen LogP contribution is -2.10. The number of nitrogens with zero attached hydrogens (tertiary/aromatic N) is 1. The van der Waals surface area contributed by atoms with Gasteiger partial charge in [-0.3, -0.25) is 0 Å². The lowest BCUT2D eigenvalue weighted by atomic mass is 9.98. The predicted molar refractivity (Wildman–Crippen MR) is 60.1 cm³/mol. The summed E-state index contributed by atoms with van der Waals surface area (Å²) in [5.74, 6) is 0.290. The highest BCUT2D eigenvalue weighted by Gasteiger charge is 2.22. The Balaban J connectivity index is 2.25. The van der Waals surface area contributed by atoms with Crippen molar-refractivity contribution < 1.29 is 13.7 Å². The van der Waals surface area contributed by atoms with Crippen molar-refractivity contribution in [2.24, 2.45) is 0 Å². The first-order chi connectivity index (χ1) is 8.27. The van der Waals surface area contributed by atoms with E-state index in [0.29, 0.717) is 23.5 Å². The van der Waals surface area contributed by atoms with Crippen LogP contribution >= 0.6 is 0 Å². The third kappa shape index (κ3) is 1.54. The Morgan fingerprint density at radius 1 is 1.35 bits per heavy atom. The van der Waals surface area contributed by atoms with Crippen LogP contribution < -0.4 is 10.5 Å². The minimum Gasteiger partial charge on any atom is -0.493 e. The average molecular weight is 234 g/mol. The molecule has 0 fully saturated rings. The third-order valence-electron chi connectivity index (χ3n) is 2.89. The van der Waals surface area contributed by atoms with Gasteiger partial charge >= 0.3 is 0 Å². The van der Waals surface area contributed by atoms with E-state index >= 15 is 0 Å². The molecule has 3 rings (SSSR count). The highest BCUT2D eigenvalue weighted by atomic mass is 19.1. The van der Waals surface area contributed by atoms with Crippen LogP contribution in [0.1, 0.15) is 12.0 Å². The standard InChI is InChI=1S/C12H11FN2O2/c13-9-4-3-7-2-1-5-16-11(7)10(9)8-6-15-17-12(8)14/h3-4,6H,1-2,5,14H2. The lowest BCUT2D eigenvalue weighted by molar-refractivity contribution is 0.288. The van der Waals surface area contributed by atoms with Crippen LogP contribution in [0, 0.1) is 5.82 Å².